The highest BCUT2D eigenvalue weighted by Crippen LogP contribution is 1.70. The van der Waals surface area contributed by atoms with Crippen LogP contribution < -0.4 is 5.48 Å². The van der Waals surface area contributed by atoms with Gasteiger partial charge < -0.3 is 4.90 Å². The van der Waals surface area contributed by atoms with Crippen LogP contribution in [0.5, 0.6) is 0 Å². The molecule has 0 heterocycles. The molecule has 0 unspecified atom stereocenters. The molecule has 7 heavy (non-hydrogen) atoms. The summed E-state index contributed by atoms with van der Waals surface area (Å²) in [4.78, 5) is 11.3. The van der Waals surface area contributed by atoms with E-state index >= 15 is 0 Å². The highest BCUT2D eigenvalue weighted by molar-refractivity contribution is 5.71. The Morgan fingerprint density at radius 1 is 1.71 bits per heavy atom. The molecule has 42 valence electrons. The fourth-order valence-corrected chi connectivity index (χ4v) is 0.100. The van der Waals surface area contributed by atoms with E-state index in [4.69, 9.17) is 5.21 Å². The summed E-state index contributed by atoms with van der Waals surface area (Å²) in [6.07, 6.45) is 0. The molecule has 0 fully saturated rings. The summed E-state index contributed by atoms with van der Waals surface area (Å²) in [7, 11) is 3.07. The van der Waals surface area contributed by atoms with E-state index in [0.29, 0.717) is 0 Å². The summed E-state index contributed by atoms with van der Waals surface area (Å²) in [5, 5.41) is 7.86. The van der Waals surface area contributed by atoms with E-state index in [2.05, 4.69) is 0 Å². The van der Waals surface area contributed by atoms with E-state index < -0.39 is 6.03 Å². The number of carbonyl (C=O) groups is 1. The molecular weight excluding hydrogens is 96.0 g/mol. The first kappa shape index (κ1) is 6.23. The molecule has 0 bridgehead atoms. The molecule has 0 aromatic heterocycles. The van der Waals surface area contributed by atoms with Crippen LogP contribution in [0.3, 0.4) is 0 Å². The van der Waals surface area contributed by atoms with Gasteiger partial charge in [-0.15, -0.1) is 0 Å². The minimum atomic E-state index is -0.514. The number of urea groups is 1. The lowest BCUT2D eigenvalue weighted by Crippen LogP contribution is -2.31. The average molecular weight is 104 g/mol. The Balaban J connectivity index is 3.35. The summed E-state index contributed by atoms with van der Waals surface area (Å²) in [5.41, 5.74) is 1.45. The number of rotatable bonds is 0. The second-order valence-corrected chi connectivity index (χ2v) is 1.31. The van der Waals surface area contributed by atoms with Crippen molar-refractivity contribution in [2.24, 2.45) is 0 Å². The van der Waals surface area contributed by atoms with Crippen LogP contribution in [-0.2, 0) is 0 Å². The minimum Gasteiger partial charge on any atom is -0.329 e. The largest absolute Gasteiger partial charge is 0.340 e. The third-order valence-corrected chi connectivity index (χ3v) is 0.502. The highest BCUT2D eigenvalue weighted by Gasteiger charge is 1.95. The maximum atomic E-state index is 10.1. The van der Waals surface area contributed by atoms with Gasteiger partial charge in [0.15, 0.2) is 0 Å². The highest BCUT2D eigenvalue weighted by atomic mass is 16.5. The molecular formula is C3H8N2O2. The van der Waals surface area contributed by atoms with Crippen molar-refractivity contribution in [3.8, 4) is 0 Å². The Labute approximate surface area is 41.7 Å². The minimum absolute atomic E-state index is 0.514. The normalized spacial score (nSPS) is 7.86. The predicted molar refractivity (Wildman–Crippen MR) is 24.0 cm³/mol. The van der Waals surface area contributed by atoms with Gasteiger partial charge in [0.05, 0.1) is 0 Å². The van der Waals surface area contributed by atoms with Gasteiger partial charge in [0.25, 0.3) is 0 Å². The van der Waals surface area contributed by atoms with E-state index in [9.17, 15) is 4.79 Å². The zero-order valence-electron chi connectivity index (χ0n) is 4.30. The molecule has 4 nitrogen and oxygen atoms in total. The topological polar surface area (TPSA) is 52.6 Å². The summed E-state index contributed by atoms with van der Waals surface area (Å²) >= 11 is 0. The number of amides is 2. The van der Waals surface area contributed by atoms with Gasteiger partial charge in [-0.3, -0.25) is 5.21 Å². The van der Waals surface area contributed by atoms with Crippen LogP contribution in [0, 0.1) is 0 Å². The van der Waals surface area contributed by atoms with Crippen molar-refractivity contribution < 1.29 is 10.0 Å². The first-order valence-electron chi connectivity index (χ1n) is 1.80. The first-order chi connectivity index (χ1) is 3.18. The number of hydrogen-bond acceptors (Lipinski definition) is 2. The van der Waals surface area contributed by atoms with Gasteiger partial charge >= 0.3 is 6.03 Å². The number of carbonyl (C=O) groups excluding carboxylic acids is 1. The van der Waals surface area contributed by atoms with Crippen LogP contribution in [0.15, 0.2) is 0 Å². The maximum absolute atomic E-state index is 10.1. The van der Waals surface area contributed by atoms with E-state index in [1.54, 1.807) is 0 Å². The molecule has 2 N–H and O–H groups in total. The van der Waals surface area contributed by atoms with Crippen molar-refractivity contribution in [3.63, 3.8) is 0 Å². The molecule has 0 saturated carbocycles. The molecule has 0 rings (SSSR count). The molecule has 0 atom stereocenters. The van der Waals surface area contributed by atoms with Crippen molar-refractivity contribution in [1.29, 1.82) is 0 Å². The van der Waals surface area contributed by atoms with E-state index in [1.807, 2.05) is 0 Å². The summed E-state index contributed by atoms with van der Waals surface area (Å²) in [5.74, 6) is 0. The number of hydrogen-bond donors (Lipinski definition) is 2. The van der Waals surface area contributed by atoms with E-state index in [0.717, 1.165) is 0 Å². The summed E-state index contributed by atoms with van der Waals surface area (Å²) in [6.45, 7) is 0. The number of hydroxylamine groups is 1. The van der Waals surface area contributed by atoms with Gasteiger partial charge in [0.1, 0.15) is 0 Å². The fourth-order valence-electron chi connectivity index (χ4n) is 0.100. The maximum Gasteiger partial charge on any atom is 0.340 e. The lowest BCUT2D eigenvalue weighted by atomic mass is 10.9. The molecule has 0 saturated heterocycles. The van der Waals surface area contributed by atoms with Crippen molar-refractivity contribution in [1.82, 2.24) is 10.4 Å². The molecule has 4 heteroatoms. The molecule has 0 spiro atoms. The molecule has 0 aliphatic rings. The predicted octanol–water partition coefficient (Wildman–Crippen LogP) is -0.353. The zero-order chi connectivity index (χ0) is 5.86. The molecule has 0 aromatic carbocycles. The standard InChI is InChI=1S/C3H8N2O2/c1-5(2)3(6)4-7/h7H,1-2H3,(H,4,6). The SMILES string of the molecule is CN(C)C(=O)NO. The van der Waals surface area contributed by atoms with Crippen LogP contribution in [0.4, 0.5) is 4.79 Å². The zero-order valence-corrected chi connectivity index (χ0v) is 4.30. The smallest absolute Gasteiger partial charge is 0.329 e. The van der Waals surface area contributed by atoms with Crippen molar-refractivity contribution >= 4 is 6.03 Å². The van der Waals surface area contributed by atoms with Crippen molar-refractivity contribution in [2.45, 2.75) is 0 Å². The fraction of sp³-hybridized carbons (Fsp3) is 0.667. The molecule has 0 aromatic rings. The van der Waals surface area contributed by atoms with Crippen molar-refractivity contribution in [2.75, 3.05) is 14.1 Å². The molecule has 0 aliphatic heterocycles. The number of nitrogens with one attached hydrogen (secondary N) is 1. The van der Waals surface area contributed by atoms with Gasteiger partial charge in [0.2, 0.25) is 0 Å². The van der Waals surface area contributed by atoms with Gasteiger partial charge in [-0.2, -0.15) is 0 Å². The lowest BCUT2D eigenvalue weighted by Gasteiger charge is -2.05. The van der Waals surface area contributed by atoms with E-state index in [-0.39, 0.29) is 0 Å². The Hall–Kier alpha value is -0.770. The lowest BCUT2D eigenvalue weighted by molar-refractivity contribution is 0.142. The second-order valence-electron chi connectivity index (χ2n) is 1.31. The second kappa shape index (κ2) is 2.41. The summed E-state index contributed by atoms with van der Waals surface area (Å²) < 4.78 is 0. The third-order valence-electron chi connectivity index (χ3n) is 0.502. The van der Waals surface area contributed by atoms with Crippen LogP contribution in [0.1, 0.15) is 0 Å². The average Bonchev–Trinajstić information content (AvgIpc) is 1.65. The van der Waals surface area contributed by atoms with Crippen molar-refractivity contribution in [3.05, 3.63) is 0 Å². The molecule has 0 aliphatic carbocycles. The summed E-state index contributed by atoms with van der Waals surface area (Å²) in [6, 6.07) is -0.514. The number of nitrogens with zero attached hydrogens (tertiary/aromatic N) is 1. The Morgan fingerprint density at radius 3 is 2.14 bits per heavy atom. The van der Waals surface area contributed by atoms with Gasteiger partial charge in [-0.1, -0.05) is 0 Å². The third kappa shape index (κ3) is 1.99. The van der Waals surface area contributed by atoms with Crippen LogP contribution in [0.25, 0.3) is 0 Å². The Bertz CT molecular complexity index is 71.3. The van der Waals surface area contributed by atoms with Gasteiger partial charge in [0, 0.05) is 14.1 Å². The van der Waals surface area contributed by atoms with Crippen LogP contribution in [0.2, 0.25) is 0 Å². The Kier molecular flexibility index (Phi) is 2.15. The molecule has 0 radical (unpaired) electrons. The quantitative estimate of drug-likeness (QED) is 0.326. The Morgan fingerprint density at radius 2 is 2.14 bits per heavy atom. The first-order valence-corrected chi connectivity index (χ1v) is 1.80. The van der Waals surface area contributed by atoms with Crippen LogP contribution >= 0.6 is 0 Å². The monoisotopic (exact) mass is 104 g/mol. The van der Waals surface area contributed by atoms with E-state index in [1.165, 1.54) is 24.5 Å². The van der Waals surface area contributed by atoms with Gasteiger partial charge in [-0.25, -0.2) is 10.3 Å². The van der Waals surface area contributed by atoms with Crippen LogP contribution in [-0.4, -0.2) is 30.2 Å². The van der Waals surface area contributed by atoms with Gasteiger partial charge in [-0.05, 0) is 0 Å². The molecule has 2 amide bonds.